The number of hydrogen-bond acceptors (Lipinski definition) is 4. The number of hydrogen-bond donors (Lipinski definition) is 0. The molecule has 0 amide bonds. The summed E-state index contributed by atoms with van der Waals surface area (Å²) in [5.74, 6) is 0. The zero-order valence-electron chi connectivity index (χ0n) is 10.3. The number of nitrogens with zero attached hydrogens (tertiary/aromatic N) is 2. The molecule has 92 valence electrons. The molecular formula is C14H14N2O2. The van der Waals surface area contributed by atoms with Crippen LogP contribution >= 0.6 is 0 Å². The lowest BCUT2D eigenvalue weighted by Crippen LogP contribution is -1.67. The molecule has 0 fully saturated rings. The smallest absolute Gasteiger partial charge is 0.211 e. The largest absolute Gasteiger partial charge is 0.234 e. The second-order valence-electron chi connectivity index (χ2n) is 2.98. The van der Waals surface area contributed by atoms with Crippen molar-refractivity contribution in [2.45, 2.75) is 0 Å². The second kappa shape index (κ2) is 11.0. The number of isocyanates is 2. The molecular weight excluding hydrogens is 228 g/mol. The number of fused-ring (bicyclic) bond motifs is 1. The summed E-state index contributed by atoms with van der Waals surface area (Å²) in [6.45, 7) is 0. The van der Waals surface area contributed by atoms with Crippen LogP contribution in [0.1, 0.15) is 0 Å². The molecule has 4 nitrogen and oxygen atoms in total. The van der Waals surface area contributed by atoms with Crippen molar-refractivity contribution in [2.24, 2.45) is 9.98 Å². The van der Waals surface area contributed by atoms with Crippen LogP contribution < -0.4 is 0 Å². The topological polar surface area (TPSA) is 58.9 Å². The highest BCUT2D eigenvalue weighted by molar-refractivity contribution is 5.81. The normalized spacial score (nSPS) is 7.44. The van der Waals surface area contributed by atoms with Gasteiger partial charge in [-0.1, -0.05) is 48.5 Å². The number of rotatable bonds is 0. The molecule has 4 heteroatoms. The van der Waals surface area contributed by atoms with Gasteiger partial charge in [-0.2, -0.15) is 0 Å². The highest BCUT2D eigenvalue weighted by atomic mass is 16.1. The van der Waals surface area contributed by atoms with E-state index in [4.69, 9.17) is 9.59 Å². The summed E-state index contributed by atoms with van der Waals surface area (Å²) in [4.78, 5) is 23.6. The first kappa shape index (κ1) is 15.5. The Morgan fingerprint density at radius 3 is 1.11 bits per heavy atom. The van der Waals surface area contributed by atoms with Gasteiger partial charge in [0.15, 0.2) is 0 Å². The van der Waals surface area contributed by atoms with E-state index in [9.17, 15) is 0 Å². The predicted molar refractivity (Wildman–Crippen MR) is 72.0 cm³/mol. The van der Waals surface area contributed by atoms with Gasteiger partial charge in [0.2, 0.25) is 12.2 Å². The van der Waals surface area contributed by atoms with Crippen molar-refractivity contribution in [3.8, 4) is 0 Å². The molecule has 2 rings (SSSR count). The van der Waals surface area contributed by atoms with E-state index in [1.54, 1.807) is 0 Å². The quantitative estimate of drug-likeness (QED) is 0.526. The molecule has 0 unspecified atom stereocenters. The summed E-state index contributed by atoms with van der Waals surface area (Å²) in [6, 6.07) is 16.7. The lowest BCUT2D eigenvalue weighted by molar-refractivity contribution is 0.564. The van der Waals surface area contributed by atoms with E-state index >= 15 is 0 Å². The first-order chi connectivity index (χ1) is 8.79. The highest BCUT2D eigenvalue weighted by Crippen LogP contribution is 2.11. The Morgan fingerprint density at radius 1 is 0.722 bits per heavy atom. The van der Waals surface area contributed by atoms with Crippen molar-refractivity contribution >= 4 is 22.9 Å². The summed E-state index contributed by atoms with van der Waals surface area (Å²) in [7, 11) is 2.76. The van der Waals surface area contributed by atoms with E-state index in [0.29, 0.717) is 0 Å². The van der Waals surface area contributed by atoms with Crippen molar-refractivity contribution in [3.63, 3.8) is 0 Å². The van der Waals surface area contributed by atoms with Gasteiger partial charge in [-0.3, -0.25) is 0 Å². The molecule has 0 aliphatic heterocycles. The van der Waals surface area contributed by atoms with E-state index < -0.39 is 0 Å². The molecule has 0 saturated carbocycles. The molecule has 2 aromatic rings. The summed E-state index contributed by atoms with van der Waals surface area (Å²) < 4.78 is 0. The van der Waals surface area contributed by atoms with E-state index in [0.717, 1.165) is 0 Å². The van der Waals surface area contributed by atoms with E-state index in [2.05, 4.69) is 58.5 Å². The van der Waals surface area contributed by atoms with Crippen molar-refractivity contribution in [1.29, 1.82) is 0 Å². The maximum Gasteiger partial charge on any atom is 0.234 e. The van der Waals surface area contributed by atoms with Crippen LogP contribution in [0.4, 0.5) is 0 Å². The Morgan fingerprint density at radius 2 is 0.944 bits per heavy atom. The van der Waals surface area contributed by atoms with Gasteiger partial charge in [0.05, 0.1) is 0 Å². The number of benzene rings is 2. The SMILES string of the molecule is CN=C=O.CN=C=O.c1ccc2ccccc2c1. The Bertz CT molecular complexity index is 473. The summed E-state index contributed by atoms with van der Waals surface area (Å²) in [5, 5.41) is 2.62. The van der Waals surface area contributed by atoms with Crippen molar-refractivity contribution in [3.05, 3.63) is 48.5 Å². The maximum absolute atomic E-state index is 8.88. The molecule has 0 radical (unpaired) electrons. The molecule has 0 atom stereocenters. The van der Waals surface area contributed by atoms with Crippen LogP contribution in [-0.2, 0) is 9.59 Å². The average Bonchev–Trinajstić information content (AvgIpc) is 2.48. The molecule has 0 bridgehead atoms. The highest BCUT2D eigenvalue weighted by Gasteiger charge is 1.85. The first-order valence-electron chi connectivity index (χ1n) is 5.15. The zero-order valence-corrected chi connectivity index (χ0v) is 10.3. The lowest BCUT2D eigenvalue weighted by atomic mass is 10.1. The minimum atomic E-state index is 1.31. The minimum absolute atomic E-state index is 1.31. The van der Waals surface area contributed by atoms with Crippen molar-refractivity contribution in [2.75, 3.05) is 14.1 Å². The Kier molecular flexibility index (Phi) is 9.41. The van der Waals surface area contributed by atoms with Gasteiger partial charge in [-0.25, -0.2) is 19.6 Å². The molecule has 0 spiro atoms. The fourth-order valence-corrected chi connectivity index (χ4v) is 1.13. The predicted octanol–water partition coefficient (Wildman–Crippen LogP) is 2.74. The monoisotopic (exact) mass is 242 g/mol. The zero-order chi connectivity index (χ0) is 13.6. The lowest BCUT2D eigenvalue weighted by Gasteiger charge is -1.92. The van der Waals surface area contributed by atoms with Crippen molar-refractivity contribution < 1.29 is 9.59 Å². The summed E-state index contributed by atoms with van der Waals surface area (Å²) in [5.41, 5.74) is 0. The number of carbonyl (C=O) groups excluding carboxylic acids is 2. The standard InChI is InChI=1S/C10H8.2C2H3NO/c1-2-6-10-8-4-3-7-9(10)5-1;2*1-3-2-4/h1-8H;2*1H3. The first-order valence-corrected chi connectivity index (χ1v) is 5.15. The van der Waals surface area contributed by atoms with Gasteiger partial charge in [0.1, 0.15) is 0 Å². The fourth-order valence-electron chi connectivity index (χ4n) is 1.13. The Hall–Kier alpha value is -2.54. The fraction of sp³-hybridized carbons (Fsp3) is 0.143. The molecule has 0 aliphatic rings. The second-order valence-corrected chi connectivity index (χ2v) is 2.98. The molecule has 2 aromatic carbocycles. The van der Waals surface area contributed by atoms with Gasteiger partial charge in [-0.05, 0) is 10.8 Å². The molecule has 0 N–H and O–H groups in total. The van der Waals surface area contributed by atoms with Gasteiger partial charge < -0.3 is 0 Å². The summed E-state index contributed by atoms with van der Waals surface area (Å²) >= 11 is 0. The van der Waals surface area contributed by atoms with Gasteiger partial charge in [-0.15, -0.1) is 0 Å². The van der Waals surface area contributed by atoms with Crippen LogP contribution in [0, 0.1) is 0 Å². The Balaban J connectivity index is 0.000000307. The van der Waals surface area contributed by atoms with Crippen LogP contribution in [0.3, 0.4) is 0 Å². The maximum atomic E-state index is 8.88. The minimum Gasteiger partial charge on any atom is -0.211 e. The van der Waals surface area contributed by atoms with Crippen LogP contribution in [0.25, 0.3) is 10.8 Å². The molecule has 0 heterocycles. The third-order valence-electron chi connectivity index (χ3n) is 1.84. The molecule has 0 saturated heterocycles. The van der Waals surface area contributed by atoms with Crippen molar-refractivity contribution in [1.82, 2.24) is 0 Å². The average molecular weight is 242 g/mol. The van der Waals surface area contributed by atoms with Gasteiger partial charge in [0.25, 0.3) is 0 Å². The van der Waals surface area contributed by atoms with E-state index in [1.807, 2.05) is 0 Å². The van der Waals surface area contributed by atoms with Crippen LogP contribution in [0.2, 0.25) is 0 Å². The van der Waals surface area contributed by atoms with E-state index in [-0.39, 0.29) is 0 Å². The third-order valence-corrected chi connectivity index (χ3v) is 1.84. The number of aliphatic imine (C=N–C) groups is 2. The molecule has 0 aromatic heterocycles. The van der Waals surface area contributed by atoms with Crippen LogP contribution in [0.5, 0.6) is 0 Å². The molecule has 0 aliphatic carbocycles. The summed E-state index contributed by atoms with van der Waals surface area (Å²) in [6.07, 6.45) is 2.61. The molecule has 18 heavy (non-hydrogen) atoms. The van der Waals surface area contributed by atoms with Gasteiger partial charge in [0, 0.05) is 14.1 Å². The van der Waals surface area contributed by atoms with Crippen LogP contribution in [0.15, 0.2) is 58.5 Å². The third kappa shape index (κ3) is 6.85. The van der Waals surface area contributed by atoms with E-state index in [1.165, 1.54) is 37.0 Å². The van der Waals surface area contributed by atoms with Gasteiger partial charge >= 0.3 is 0 Å². The Labute approximate surface area is 106 Å². The van der Waals surface area contributed by atoms with Crippen LogP contribution in [-0.4, -0.2) is 26.3 Å².